The van der Waals surface area contributed by atoms with E-state index in [1.165, 1.54) is 98.4 Å². The molecule has 0 fully saturated rings. The van der Waals surface area contributed by atoms with E-state index in [1.54, 1.807) is 12.5 Å². The van der Waals surface area contributed by atoms with Crippen molar-refractivity contribution in [2.45, 2.75) is 53.9 Å². The summed E-state index contributed by atoms with van der Waals surface area (Å²) in [4.78, 5) is 0. The fourth-order valence-corrected chi connectivity index (χ4v) is 10.6. The largest absolute Gasteiger partial charge is 0.464 e. The molecule has 0 amide bonds. The highest BCUT2D eigenvalue weighted by atomic mass is 16.3. The van der Waals surface area contributed by atoms with E-state index >= 15 is 0 Å². The van der Waals surface area contributed by atoms with Crippen molar-refractivity contribution in [3.05, 3.63) is 110 Å². The Morgan fingerprint density at radius 2 is 0.778 bits per heavy atom. The molecule has 0 N–H and O–H groups in total. The second-order valence-electron chi connectivity index (χ2n) is 14.6. The van der Waals surface area contributed by atoms with Crippen LogP contribution in [0.2, 0.25) is 0 Å². The Kier molecular flexibility index (Phi) is 5.91. The van der Waals surface area contributed by atoms with Crippen LogP contribution in [0.5, 0.6) is 0 Å². The number of rotatable bonds is 6. The van der Waals surface area contributed by atoms with E-state index in [0.717, 1.165) is 48.8 Å². The van der Waals surface area contributed by atoms with Crippen LogP contribution in [0.1, 0.15) is 27.7 Å². The third-order valence-electron chi connectivity index (χ3n) is 12.4. The summed E-state index contributed by atoms with van der Waals surface area (Å²) in [6.45, 7) is 12.5. The van der Waals surface area contributed by atoms with Gasteiger partial charge in [-0.3, -0.25) is 0 Å². The van der Waals surface area contributed by atoms with Gasteiger partial charge in [-0.25, -0.2) is 0 Å². The summed E-state index contributed by atoms with van der Waals surface area (Å²) in [5.41, 5.74) is 15.1. The zero-order chi connectivity index (χ0) is 36.0. The second-order valence-corrected chi connectivity index (χ2v) is 14.6. The summed E-state index contributed by atoms with van der Waals surface area (Å²) in [5, 5.41) is 10.3. The van der Waals surface area contributed by atoms with Crippen LogP contribution in [0, 0.1) is 0 Å². The Morgan fingerprint density at radius 3 is 1.17 bits per heavy atom. The summed E-state index contributed by atoms with van der Waals surface area (Å²) < 4.78 is 22.9. The van der Waals surface area contributed by atoms with Gasteiger partial charge in [0.25, 0.3) is 0 Å². The minimum absolute atomic E-state index is 0.822. The number of aryl methyl sites for hydroxylation is 4. The first kappa shape index (κ1) is 30.1. The quantitative estimate of drug-likeness (QED) is 0.128. The van der Waals surface area contributed by atoms with Crippen LogP contribution < -0.4 is 0 Å². The number of benzene rings is 6. The average Bonchev–Trinajstić information content (AvgIpc) is 4.04. The summed E-state index contributed by atoms with van der Waals surface area (Å²) in [6.07, 6.45) is 3.60. The standard InChI is InChI=1S/C48H38N4O2/c1-5-49-31-17-11-9-15-27(31)39-37-29(35-19-13-25-53-35)21-24-34-41(37)43-44-42-33(51(7-3)47(43)45(39)49)23-22-30(36-20-14-26-54-36)38(42)40-28-16-10-12-18-32(28)50(6-2)46(40)48(44)52(34)8-4/h9-26H,5-8H2,1-4H3. The van der Waals surface area contributed by atoms with Crippen molar-refractivity contribution >= 4 is 87.2 Å². The van der Waals surface area contributed by atoms with E-state index in [1.807, 2.05) is 12.1 Å². The van der Waals surface area contributed by atoms with E-state index in [9.17, 15) is 0 Å². The number of hydrogen-bond donors (Lipinski definition) is 0. The minimum atomic E-state index is 0.822. The number of hydrogen-bond acceptors (Lipinski definition) is 2. The van der Waals surface area contributed by atoms with Crippen LogP contribution in [-0.4, -0.2) is 18.3 Å². The molecule has 0 saturated carbocycles. The van der Waals surface area contributed by atoms with E-state index in [-0.39, 0.29) is 0 Å². The molecule has 0 spiro atoms. The minimum Gasteiger partial charge on any atom is -0.464 e. The Labute approximate surface area is 310 Å². The molecule has 6 heterocycles. The molecule has 6 nitrogen and oxygen atoms in total. The van der Waals surface area contributed by atoms with E-state index < -0.39 is 0 Å². The van der Waals surface area contributed by atoms with Crippen molar-refractivity contribution in [2.75, 3.05) is 0 Å². The third kappa shape index (κ3) is 3.39. The fourth-order valence-electron chi connectivity index (χ4n) is 10.6. The molecule has 0 bridgehead atoms. The molecule has 2 aliphatic heterocycles. The van der Waals surface area contributed by atoms with Gasteiger partial charge in [-0.15, -0.1) is 0 Å². The third-order valence-corrected chi connectivity index (χ3v) is 12.4. The molecule has 6 aromatic carbocycles. The monoisotopic (exact) mass is 702 g/mol. The number of para-hydroxylation sites is 2. The van der Waals surface area contributed by atoms with Crippen LogP contribution in [0.3, 0.4) is 0 Å². The number of nitrogens with zero attached hydrogens (tertiary/aromatic N) is 4. The highest BCUT2D eigenvalue weighted by molar-refractivity contribution is 6.43. The fraction of sp³-hybridized carbons (Fsp3) is 0.167. The second kappa shape index (κ2) is 10.6. The highest BCUT2D eigenvalue weighted by Gasteiger charge is 2.35. The number of furan rings is 2. The molecule has 2 aliphatic rings. The van der Waals surface area contributed by atoms with Crippen molar-refractivity contribution in [3.8, 4) is 33.8 Å². The summed E-state index contributed by atoms with van der Waals surface area (Å²) in [6, 6.07) is 35.5. The number of pyridine rings is 2. The maximum absolute atomic E-state index is 6.26. The van der Waals surface area contributed by atoms with Crippen molar-refractivity contribution in [2.24, 2.45) is 0 Å². The van der Waals surface area contributed by atoms with Crippen molar-refractivity contribution in [3.63, 3.8) is 0 Å². The predicted molar refractivity (Wildman–Crippen MR) is 224 cm³/mol. The van der Waals surface area contributed by atoms with Crippen LogP contribution in [0.25, 0.3) is 121 Å². The molecule has 0 unspecified atom stereocenters. The lowest BCUT2D eigenvalue weighted by atomic mass is 9.82. The van der Waals surface area contributed by atoms with Gasteiger partial charge in [0.05, 0.1) is 34.6 Å². The lowest BCUT2D eigenvalue weighted by Crippen LogP contribution is -2.13. The first-order chi connectivity index (χ1) is 26.7. The predicted octanol–water partition coefficient (Wildman–Crippen LogP) is 13.3. The average molecular weight is 703 g/mol. The zero-order valence-electron chi connectivity index (χ0n) is 30.8. The van der Waals surface area contributed by atoms with Gasteiger partial charge in [0.2, 0.25) is 0 Å². The Morgan fingerprint density at radius 1 is 0.370 bits per heavy atom. The first-order valence-corrected chi connectivity index (χ1v) is 19.4. The molecule has 4 aromatic heterocycles. The SMILES string of the molecule is CCn1c2ccc(-c3ccco3)c3c2c2c(c4c3c3ccccc3n4CC)n(CC)c3ccc(-c4ccco4)c4c3c-2c1c1c4c2ccccc2n1CC. The van der Waals surface area contributed by atoms with Gasteiger partial charge in [-0.1, -0.05) is 36.4 Å². The summed E-state index contributed by atoms with van der Waals surface area (Å²) >= 11 is 0. The molecule has 0 aliphatic carbocycles. The summed E-state index contributed by atoms with van der Waals surface area (Å²) in [7, 11) is 0. The van der Waals surface area contributed by atoms with Gasteiger partial charge < -0.3 is 27.1 Å². The molecule has 10 aromatic rings. The normalized spacial score (nSPS) is 12.7. The maximum Gasteiger partial charge on any atom is 0.134 e. The van der Waals surface area contributed by atoms with Gasteiger partial charge in [-0.2, -0.15) is 0 Å². The number of aromatic nitrogens is 4. The molecule has 54 heavy (non-hydrogen) atoms. The van der Waals surface area contributed by atoms with E-state index in [0.29, 0.717) is 0 Å². The molecule has 6 heteroatoms. The van der Waals surface area contributed by atoms with Crippen LogP contribution in [0.15, 0.2) is 118 Å². The van der Waals surface area contributed by atoms with Gasteiger partial charge >= 0.3 is 0 Å². The van der Waals surface area contributed by atoms with Gasteiger partial charge in [-0.05, 0) is 88.4 Å². The molecule has 12 rings (SSSR count). The van der Waals surface area contributed by atoms with Gasteiger partial charge in [0.15, 0.2) is 0 Å². The van der Waals surface area contributed by atoms with E-state index in [4.69, 9.17) is 8.83 Å². The van der Waals surface area contributed by atoms with Crippen molar-refractivity contribution in [1.29, 1.82) is 0 Å². The topological polar surface area (TPSA) is 46.0 Å². The van der Waals surface area contributed by atoms with Crippen molar-refractivity contribution < 1.29 is 8.83 Å². The molecule has 262 valence electrons. The lowest BCUT2D eigenvalue weighted by Gasteiger charge is -2.31. The Bertz CT molecular complexity index is 3190. The maximum atomic E-state index is 6.26. The first-order valence-electron chi connectivity index (χ1n) is 19.4. The van der Waals surface area contributed by atoms with Crippen LogP contribution in [-0.2, 0) is 26.2 Å². The highest BCUT2D eigenvalue weighted by Crippen LogP contribution is 2.57. The number of fused-ring (bicyclic) bond motifs is 10. The van der Waals surface area contributed by atoms with E-state index in [2.05, 4.69) is 131 Å². The molecular formula is C48H38N4O2. The molecule has 0 radical (unpaired) electrons. The van der Waals surface area contributed by atoms with Crippen LogP contribution in [0.4, 0.5) is 0 Å². The lowest BCUT2D eigenvalue weighted by molar-refractivity contribution is 0.582. The van der Waals surface area contributed by atoms with Crippen LogP contribution >= 0.6 is 0 Å². The van der Waals surface area contributed by atoms with Gasteiger partial charge in [0.1, 0.15) is 11.5 Å². The summed E-state index contributed by atoms with van der Waals surface area (Å²) in [5.74, 6) is 1.78. The zero-order valence-corrected chi connectivity index (χ0v) is 30.8. The van der Waals surface area contributed by atoms with Crippen molar-refractivity contribution in [1.82, 2.24) is 18.3 Å². The molecule has 0 saturated heterocycles. The molecule has 0 atom stereocenters. The van der Waals surface area contributed by atoms with Gasteiger partial charge in [0, 0.05) is 114 Å². The smallest absolute Gasteiger partial charge is 0.134 e. The molecular weight excluding hydrogens is 665 g/mol. The Balaban J connectivity index is 1.52. The Hall–Kier alpha value is -6.40.